The van der Waals surface area contributed by atoms with Crippen LogP contribution in [0.15, 0.2) is 194 Å². The Morgan fingerprint density at radius 3 is 0.895 bits per heavy atom. The molecule has 0 fully saturated rings. The third-order valence-electron chi connectivity index (χ3n) is 18.7. The monoisotopic (exact) mass is 1640 g/mol. The second kappa shape index (κ2) is 26.7. The highest BCUT2D eigenvalue weighted by Gasteiger charge is 2.47. The van der Waals surface area contributed by atoms with E-state index in [2.05, 4.69) is 0 Å². The fourth-order valence-corrected chi connectivity index (χ4v) is 13.8. The Balaban J connectivity index is 1.18. The summed E-state index contributed by atoms with van der Waals surface area (Å²) in [4.78, 5) is 0. The highest BCUT2D eigenvalue weighted by molar-refractivity contribution is 6.15. The summed E-state index contributed by atoms with van der Waals surface area (Å²) in [5, 5.41) is 8.26. The van der Waals surface area contributed by atoms with Gasteiger partial charge in [-0.05, 0) is 190 Å². The summed E-state index contributed by atoms with van der Waals surface area (Å²) >= 11 is 0. The quantitative estimate of drug-likeness (QED) is 0.140. The zero-order chi connectivity index (χ0) is 83.6. The minimum atomic E-state index is -6.02. The SMILES string of the molecule is N#Cc1ccc(-n2c3ccc(-c4ccc(C(F)(F)F)cc4C(F)(F)F)cc3c3cc(-c4ccc(C(F)(F)F)cc4C(F)(F)F)ccc32)cc1-c1cc(-c2c(C(F)(F)F)cccc2C(F)(F)F)ccc1-n1c2ccc(-c3ccc(C(F)(F)F)cc3C(F)(F)F)cc2c2cc(-c3ccc(C(F)(F)F)cc3C(F)(F)F)cc(C(F)(F)F)c21. The molecule has 13 aromatic rings. The molecule has 0 unspecified atom stereocenters. The number of halogens is 33. The van der Waals surface area contributed by atoms with E-state index >= 15 is 65.9 Å². The predicted octanol–water partition coefficient (Wildman–Crippen LogP) is 29.0. The van der Waals surface area contributed by atoms with Gasteiger partial charge < -0.3 is 9.13 Å². The van der Waals surface area contributed by atoms with Gasteiger partial charge in [0.15, 0.2) is 0 Å². The standard InChI is InChI=1S/C78H32F33N3/c79-68(80,81)40-9-14-45(57(28-40)74(97,98)99)34-5-18-62-51(22-34)52-23-35(46-15-10-41(69(82,83)84)29-58(46)75(100,101)102)6-19-63(52)113(62)44-13-4-38(33-112)49(32-44)50-25-37(66-55(72(91,92)93)2-1-3-56(66)73(94,95)96)8-21-64(50)114-65-20-7-36(47-16-11-42(70(85,86)87)30-59(47)76(103,104)105)24-53(65)54-26-39(27-61(67(54)114)78(109,110)111)48-17-12-43(71(88,89)90)31-60(48)77(106,107)108/h1-32H. The van der Waals surface area contributed by atoms with E-state index in [4.69, 9.17) is 0 Å². The predicted molar refractivity (Wildman–Crippen MR) is 347 cm³/mol. The first-order valence-corrected chi connectivity index (χ1v) is 31.8. The van der Waals surface area contributed by atoms with Crippen LogP contribution >= 0.6 is 0 Å². The molecule has 0 aliphatic carbocycles. The number of rotatable bonds is 8. The number of aromatic nitrogens is 2. The number of nitriles is 1. The van der Waals surface area contributed by atoms with Gasteiger partial charge in [0.05, 0.1) is 101 Å². The lowest BCUT2D eigenvalue weighted by molar-refractivity contribution is -0.144. The lowest BCUT2D eigenvalue weighted by atomic mass is 9.89. The second-order valence-electron chi connectivity index (χ2n) is 25.6. The van der Waals surface area contributed by atoms with Gasteiger partial charge in [-0.2, -0.15) is 150 Å². The Labute approximate surface area is 614 Å². The van der Waals surface area contributed by atoms with E-state index in [1.165, 1.54) is 0 Å². The molecule has 0 spiro atoms. The van der Waals surface area contributed by atoms with Crippen LogP contribution in [-0.4, -0.2) is 9.13 Å². The van der Waals surface area contributed by atoms with Crippen molar-refractivity contribution in [2.24, 2.45) is 0 Å². The van der Waals surface area contributed by atoms with Crippen LogP contribution in [0, 0.1) is 11.3 Å². The van der Waals surface area contributed by atoms with Crippen molar-refractivity contribution in [1.29, 1.82) is 5.26 Å². The average molecular weight is 1640 g/mol. The van der Waals surface area contributed by atoms with Crippen molar-refractivity contribution in [3.8, 4) is 84.2 Å². The average Bonchev–Trinajstić information content (AvgIpc) is 1.62. The molecule has 36 heteroatoms. The fourth-order valence-electron chi connectivity index (χ4n) is 13.8. The molecule has 2 aromatic heterocycles. The maximum Gasteiger partial charge on any atom is 0.418 e. The molecule has 0 saturated carbocycles. The summed E-state index contributed by atoms with van der Waals surface area (Å²) in [7, 11) is 0. The van der Waals surface area contributed by atoms with Crippen molar-refractivity contribution in [3.05, 3.63) is 261 Å². The Morgan fingerprint density at radius 2 is 0.553 bits per heavy atom. The third kappa shape index (κ3) is 14.7. The summed E-state index contributed by atoms with van der Waals surface area (Å²) in [6.07, 6.45) is -62.4. The molecule has 590 valence electrons. The Hall–Kier alpha value is -11.8. The van der Waals surface area contributed by atoms with Crippen molar-refractivity contribution >= 4 is 43.6 Å². The minimum absolute atomic E-state index is 0.00319. The van der Waals surface area contributed by atoms with E-state index in [1.807, 2.05) is 0 Å². The van der Waals surface area contributed by atoms with E-state index in [0.29, 0.717) is 65.2 Å². The molecule has 0 amide bonds. The van der Waals surface area contributed by atoms with Crippen LogP contribution in [0.2, 0.25) is 0 Å². The van der Waals surface area contributed by atoms with Gasteiger partial charge in [-0.3, -0.25) is 0 Å². The largest absolute Gasteiger partial charge is 0.418 e. The van der Waals surface area contributed by atoms with E-state index in [1.54, 1.807) is 6.07 Å². The zero-order valence-electron chi connectivity index (χ0n) is 55.3. The molecule has 114 heavy (non-hydrogen) atoms. The molecular weight excluding hydrogens is 1610 g/mol. The first-order chi connectivity index (χ1) is 52.4. The van der Waals surface area contributed by atoms with Gasteiger partial charge in [-0.25, -0.2) is 0 Å². The molecule has 0 aliphatic heterocycles. The van der Waals surface area contributed by atoms with Crippen molar-refractivity contribution in [2.75, 3.05) is 0 Å². The van der Waals surface area contributed by atoms with Gasteiger partial charge in [0.1, 0.15) is 0 Å². The summed E-state index contributed by atoms with van der Waals surface area (Å²) in [6, 6.07) is 13.8. The number of alkyl halides is 33. The van der Waals surface area contributed by atoms with Crippen LogP contribution in [0.1, 0.15) is 66.8 Å². The van der Waals surface area contributed by atoms with E-state index in [9.17, 15) is 84.3 Å². The molecular formula is C78H32F33N3. The van der Waals surface area contributed by atoms with Crippen LogP contribution in [0.4, 0.5) is 145 Å². The van der Waals surface area contributed by atoms with Crippen molar-refractivity contribution < 1.29 is 145 Å². The second-order valence-corrected chi connectivity index (χ2v) is 25.6. The van der Waals surface area contributed by atoms with Gasteiger partial charge in [-0.1, -0.05) is 54.6 Å². The summed E-state index contributed by atoms with van der Waals surface area (Å²) < 4.78 is 492. The molecule has 13 rings (SSSR count). The van der Waals surface area contributed by atoms with Crippen LogP contribution in [-0.2, 0) is 67.9 Å². The molecule has 0 aliphatic rings. The topological polar surface area (TPSA) is 33.6 Å². The highest BCUT2D eigenvalue weighted by Crippen LogP contribution is 2.54. The number of hydrogen-bond acceptors (Lipinski definition) is 1. The highest BCUT2D eigenvalue weighted by atomic mass is 19.5. The van der Waals surface area contributed by atoms with Crippen LogP contribution in [0.5, 0.6) is 0 Å². The number of fused-ring (bicyclic) bond motifs is 6. The van der Waals surface area contributed by atoms with Gasteiger partial charge in [0.25, 0.3) is 0 Å². The van der Waals surface area contributed by atoms with E-state index < -0.39 is 251 Å². The zero-order valence-corrected chi connectivity index (χ0v) is 55.3. The maximum atomic E-state index is 16.5. The summed E-state index contributed by atoms with van der Waals surface area (Å²) in [6.45, 7) is 0. The Morgan fingerprint density at radius 1 is 0.228 bits per heavy atom. The smallest absolute Gasteiger partial charge is 0.309 e. The first-order valence-electron chi connectivity index (χ1n) is 31.8. The molecule has 0 atom stereocenters. The molecule has 0 saturated heterocycles. The van der Waals surface area contributed by atoms with Crippen molar-refractivity contribution in [2.45, 2.75) is 67.9 Å². The first kappa shape index (κ1) is 80.3. The normalized spacial score (nSPS) is 13.5. The molecule has 0 radical (unpaired) electrons. The Kier molecular flexibility index (Phi) is 18.8. The van der Waals surface area contributed by atoms with Gasteiger partial charge >= 0.3 is 67.9 Å². The number of nitrogens with zero attached hydrogens (tertiary/aromatic N) is 3. The summed E-state index contributed by atoms with van der Waals surface area (Å²) in [5.41, 5.74) is -40.4. The maximum absolute atomic E-state index is 16.5. The third-order valence-corrected chi connectivity index (χ3v) is 18.7. The van der Waals surface area contributed by atoms with E-state index in [0.717, 1.165) is 59.2 Å². The molecule has 11 aromatic carbocycles. The van der Waals surface area contributed by atoms with Crippen molar-refractivity contribution in [1.82, 2.24) is 9.13 Å². The van der Waals surface area contributed by atoms with Gasteiger partial charge in [0, 0.05) is 43.9 Å². The van der Waals surface area contributed by atoms with Crippen LogP contribution in [0.25, 0.3) is 122 Å². The van der Waals surface area contributed by atoms with Crippen LogP contribution in [0.3, 0.4) is 0 Å². The lowest BCUT2D eigenvalue weighted by Gasteiger charge is -2.22. The van der Waals surface area contributed by atoms with Crippen LogP contribution < -0.4 is 0 Å². The van der Waals surface area contributed by atoms with Gasteiger partial charge in [0.2, 0.25) is 0 Å². The molecule has 0 bridgehead atoms. The van der Waals surface area contributed by atoms with Crippen molar-refractivity contribution in [3.63, 3.8) is 0 Å². The molecule has 0 N–H and O–H groups in total. The van der Waals surface area contributed by atoms with E-state index in [-0.39, 0.29) is 83.8 Å². The number of hydrogen-bond donors (Lipinski definition) is 0. The molecule has 2 heterocycles. The Bertz CT molecular complexity index is 5960. The van der Waals surface area contributed by atoms with Gasteiger partial charge in [-0.15, -0.1) is 0 Å². The fraction of sp³-hybridized carbons (Fsp3) is 0.141. The summed E-state index contributed by atoms with van der Waals surface area (Å²) in [5.74, 6) is 0. The minimum Gasteiger partial charge on any atom is -0.309 e. The lowest BCUT2D eigenvalue weighted by Crippen LogP contribution is -2.14. The molecule has 3 nitrogen and oxygen atoms in total. The number of benzene rings is 11.